The van der Waals surface area contributed by atoms with E-state index < -0.39 is 0 Å². The number of nitrogens with one attached hydrogen (secondary N) is 1. The molecule has 0 bridgehead atoms. The fraction of sp³-hybridized carbons (Fsp3) is 0.375. The van der Waals surface area contributed by atoms with Gasteiger partial charge in [-0.2, -0.15) is 0 Å². The third-order valence-electron chi connectivity index (χ3n) is 3.85. The highest BCUT2D eigenvalue weighted by Gasteiger charge is 2.19. The van der Waals surface area contributed by atoms with E-state index in [1.807, 2.05) is 37.8 Å². The Morgan fingerprint density at radius 1 is 1.05 bits per heavy atom. The van der Waals surface area contributed by atoms with Crippen LogP contribution in [-0.4, -0.2) is 43.2 Å². The molecule has 1 N–H and O–H groups in total. The number of anilines is 2. The average molecular weight is 283 g/mol. The molecule has 1 aliphatic heterocycles. The van der Waals surface area contributed by atoms with Crippen molar-refractivity contribution in [1.82, 2.24) is 15.3 Å². The molecule has 0 spiro atoms. The van der Waals surface area contributed by atoms with Crippen molar-refractivity contribution < 1.29 is 0 Å². The Balaban J connectivity index is 1.69. The number of hydrogen-bond acceptors (Lipinski definition) is 5. The monoisotopic (exact) mass is 283 g/mol. The molecule has 5 nitrogen and oxygen atoms in total. The van der Waals surface area contributed by atoms with Gasteiger partial charge in [0.05, 0.1) is 11.9 Å². The lowest BCUT2D eigenvalue weighted by atomic mass is 10.2. The first-order chi connectivity index (χ1) is 10.4. The Hall–Kier alpha value is -2.14. The van der Waals surface area contributed by atoms with Gasteiger partial charge in [0.15, 0.2) is 0 Å². The van der Waals surface area contributed by atoms with Gasteiger partial charge in [0.1, 0.15) is 5.82 Å². The largest absolute Gasteiger partial charge is 0.366 e. The van der Waals surface area contributed by atoms with Gasteiger partial charge in [0, 0.05) is 45.1 Å². The summed E-state index contributed by atoms with van der Waals surface area (Å²) in [5, 5.41) is 3.22. The zero-order chi connectivity index (χ0) is 14.5. The fourth-order valence-corrected chi connectivity index (χ4v) is 2.76. The van der Waals surface area contributed by atoms with E-state index in [2.05, 4.69) is 37.2 Å². The normalized spacial score (nSPS) is 15.3. The molecule has 0 aliphatic carbocycles. The first-order valence-corrected chi connectivity index (χ1v) is 7.37. The minimum Gasteiger partial charge on any atom is -0.366 e. The van der Waals surface area contributed by atoms with Crippen LogP contribution < -0.4 is 15.1 Å². The van der Waals surface area contributed by atoms with Crippen molar-refractivity contribution in [2.24, 2.45) is 0 Å². The van der Waals surface area contributed by atoms with Gasteiger partial charge in [-0.3, -0.25) is 4.98 Å². The second kappa shape index (κ2) is 6.54. The highest BCUT2D eigenvalue weighted by Crippen LogP contribution is 2.22. The number of nitrogens with zero attached hydrogens (tertiary/aromatic N) is 4. The molecule has 3 rings (SSSR count). The smallest absolute Gasteiger partial charge is 0.128 e. The number of piperazine rings is 1. The Morgan fingerprint density at radius 2 is 1.86 bits per heavy atom. The molecular weight excluding hydrogens is 262 g/mol. The molecule has 21 heavy (non-hydrogen) atoms. The summed E-state index contributed by atoms with van der Waals surface area (Å²) < 4.78 is 0. The van der Waals surface area contributed by atoms with E-state index in [0.717, 1.165) is 38.5 Å². The summed E-state index contributed by atoms with van der Waals surface area (Å²) in [6.07, 6.45) is 5.69. The van der Waals surface area contributed by atoms with Gasteiger partial charge < -0.3 is 15.1 Å². The minimum absolute atomic E-state index is 0.873. The van der Waals surface area contributed by atoms with Crippen LogP contribution in [0.3, 0.4) is 0 Å². The van der Waals surface area contributed by atoms with E-state index in [0.29, 0.717) is 0 Å². The molecule has 0 amide bonds. The van der Waals surface area contributed by atoms with Gasteiger partial charge in [-0.1, -0.05) is 6.07 Å². The first-order valence-electron chi connectivity index (χ1n) is 7.37. The van der Waals surface area contributed by atoms with Crippen LogP contribution >= 0.6 is 0 Å². The van der Waals surface area contributed by atoms with Crippen molar-refractivity contribution in [2.45, 2.75) is 6.54 Å². The van der Waals surface area contributed by atoms with E-state index in [-0.39, 0.29) is 0 Å². The van der Waals surface area contributed by atoms with Crippen LogP contribution in [0.1, 0.15) is 5.56 Å². The number of rotatable bonds is 4. The number of aromatic nitrogens is 2. The SMILES string of the molecule is CNCc1ccncc1N1CCN(c2ccccn2)CC1. The molecule has 0 radical (unpaired) electrons. The van der Waals surface area contributed by atoms with E-state index in [1.165, 1.54) is 11.3 Å². The summed E-state index contributed by atoms with van der Waals surface area (Å²) in [5.74, 6) is 1.07. The zero-order valence-corrected chi connectivity index (χ0v) is 12.4. The topological polar surface area (TPSA) is 44.3 Å². The zero-order valence-electron chi connectivity index (χ0n) is 12.4. The first kappa shape index (κ1) is 13.8. The van der Waals surface area contributed by atoms with Crippen molar-refractivity contribution in [3.05, 3.63) is 48.4 Å². The highest BCUT2D eigenvalue weighted by molar-refractivity contribution is 5.53. The molecule has 1 fully saturated rings. The maximum atomic E-state index is 4.43. The standard InChI is InChI=1S/C16H21N5/c1-17-12-14-5-7-18-13-15(14)20-8-10-21(11-9-20)16-4-2-3-6-19-16/h2-7,13,17H,8-12H2,1H3. The molecule has 0 unspecified atom stereocenters. The summed E-state index contributed by atoms with van der Waals surface area (Å²) in [7, 11) is 1.98. The van der Waals surface area contributed by atoms with Crippen LogP contribution in [0, 0.1) is 0 Å². The highest BCUT2D eigenvalue weighted by atomic mass is 15.3. The van der Waals surface area contributed by atoms with Crippen molar-refractivity contribution in [1.29, 1.82) is 0 Å². The molecule has 0 aromatic carbocycles. The molecule has 2 aromatic heterocycles. The van der Waals surface area contributed by atoms with Gasteiger partial charge >= 0.3 is 0 Å². The van der Waals surface area contributed by atoms with E-state index in [4.69, 9.17) is 0 Å². The fourth-order valence-electron chi connectivity index (χ4n) is 2.76. The third kappa shape index (κ3) is 3.13. The minimum atomic E-state index is 0.873. The van der Waals surface area contributed by atoms with Crippen molar-refractivity contribution in [3.63, 3.8) is 0 Å². The van der Waals surface area contributed by atoms with Crippen molar-refractivity contribution in [2.75, 3.05) is 43.0 Å². The van der Waals surface area contributed by atoms with Gasteiger partial charge in [0.25, 0.3) is 0 Å². The van der Waals surface area contributed by atoms with Crippen LogP contribution in [0.25, 0.3) is 0 Å². The van der Waals surface area contributed by atoms with E-state index in [9.17, 15) is 0 Å². The molecule has 0 atom stereocenters. The van der Waals surface area contributed by atoms with Gasteiger partial charge in [-0.15, -0.1) is 0 Å². The van der Waals surface area contributed by atoms with Crippen LogP contribution in [-0.2, 0) is 6.54 Å². The summed E-state index contributed by atoms with van der Waals surface area (Å²) in [6, 6.07) is 8.17. The molecule has 5 heteroatoms. The summed E-state index contributed by atoms with van der Waals surface area (Å²) in [5.41, 5.74) is 2.55. The number of hydrogen-bond donors (Lipinski definition) is 1. The van der Waals surface area contributed by atoms with Gasteiger partial charge in [-0.25, -0.2) is 4.98 Å². The van der Waals surface area contributed by atoms with Crippen LogP contribution in [0.15, 0.2) is 42.9 Å². The maximum Gasteiger partial charge on any atom is 0.128 e. The van der Waals surface area contributed by atoms with E-state index >= 15 is 0 Å². The average Bonchev–Trinajstić information content (AvgIpc) is 2.57. The Morgan fingerprint density at radius 3 is 2.57 bits per heavy atom. The Labute approximate surface area is 125 Å². The molecular formula is C16H21N5. The molecule has 110 valence electrons. The second-order valence-electron chi connectivity index (χ2n) is 5.20. The lowest BCUT2D eigenvalue weighted by Gasteiger charge is -2.37. The number of pyridine rings is 2. The van der Waals surface area contributed by atoms with Crippen molar-refractivity contribution >= 4 is 11.5 Å². The lowest BCUT2D eigenvalue weighted by molar-refractivity contribution is 0.642. The van der Waals surface area contributed by atoms with Crippen LogP contribution in [0.5, 0.6) is 0 Å². The predicted molar refractivity (Wildman–Crippen MR) is 85.7 cm³/mol. The molecule has 1 aliphatic rings. The summed E-state index contributed by atoms with van der Waals surface area (Å²) >= 11 is 0. The molecule has 2 aromatic rings. The molecule has 3 heterocycles. The summed E-state index contributed by atoms with van der Waals surface area (Å²) in [6.45, 7) is 4.85. The van der Waals surface area contributed by atoms with Crippen LogP contribution in [0.2, 0.25) is 0 Å². The third-order valence-corrected chi connectivity index (χ3v) is 3.85. The molecule has 1 saturated heterocycles. The Kier molecular flexibility index (Phi) is 4.31. The maximum absolute atomic E-state index is 4.43. The quantitative estimate of drug-likeness (QED) is 0.922. The van der Waals surface area contributed by atoms with Gasteiger partial charge in [0.2, 0.25) is 0 Å². The second-order valence-corrected chi connectivity index (χ2v) is 5.20. The van der Waals surface area contributed by atoms with Crippen LogP contribution in [0.4, 0.5) is 11.5 Å². The molecule has 0 saturated carbocycles. The lowest BCUT2D eigenvalue weighted by Crippen LogP contribution is -2.47. The van der Waals surface area contributed by atoms with Gasteiger partial charge in [-0.05, 0) is 30.8 Å². The Bertz CT molecular complexity index is 564. The predicted octanol–water partition coefficient (Wildman–Crippen LogP) is 1.52. The van der Waals surface area contributed by atoms with E-state index in [1.54, 1.807) is 0 Å². The summed E-state index contributed by atoms with van der Waals surface area (Å²) in [4.78, 5) is 13.5. The van der Waals surface area contributed by atoms with Crippen molar-refractivity contribution in [3.8, 4) is 0 Å².